The third-order valence-electron chi connectivity index (χ3n) is 1.03. The van der Waals surface area contributed by atoms with Gasteiger partial charge in [0, 0.05) is 13.7 Å². The molecule has 0 spiro atoms. The first-order valence-corrected chi connectivity index (χ1v) is 3.05. The maximum absolute atomic E-state index is 4.88. The Bertz CT molecular complexity index is 41.7. The van der Waals surface area contributed by atoms with Crippen molar-refractivity contribution in [2.75, 3.05) is 13.7 Å². The Balaban J connectivity index is 2.72. The molecule has 49 valence electrons. The molecule has 0 rings (SSSR count). The van der Waals surface area contributed by atoms with E-state index in [4.69, 9.17) is 4.74 Å². The van der Waals surface area contributed by atoms with Crippen LogP contribution in [0.1, 0.15) is 26.7 Å². The molecular formula is C7H15O. The van der Waals surface area contributed by atoms with Crippen LogP contribution in [0.25, 0.3) is 0 Å². The van der Waals surface area contributed by atoms with Crippen molar-refractivity contribution < 1.29 is 4.74 Å². The zero-order chi connectivity index (χ0) is 6.41. The fraction of sp³-hybridized carbons (Fsp3) is 0.857. The predicted molar refractivity (Wildman–Crippen MR) is 35.7 cm³/mol. The van der Waals surface area contributed by atoms with Crippen molar-refractivity contribution in [2.24, 2.45) is 0 Å². The molecule has 1 nitrogen and oxygen atoms in total. The first-order chi connectivity index (χ1) is 3.77. The van der Waals surface area contributed by atoms with Gasteiger partial charge in [-0.2, -0.15) is 0 Å². The number of ether oxygens (including phenoxy) is 1. The highest BCUT2D eigenvalue weighted by atomic mass is 16.5. The lowest BCUT2D eigenvalue weighted by atomic mass is 10.1. The van der Waals surface area contributed by atoms with E-state index in [-0.39, 0.29) is 0 Å². The number of rotatable bonds is 4. The molecule has 0 aliphatic heterocycles. The fourth-order valence-corrected chi connectivity index (χ4v) is 0.570. The van der Waals surface area contributed by atoms with E-state index in [1.54, 1.807) is 7.11 Å². The Hall–Kier alpha value is -0.0400. The van der Waals surface area contributed by atoms with Crippen LogP contribution in [0.15, 0.2) is 0 Å². The summed E-state index contributed by atoms with van der Waals surface area (Å²) in [7, 11) is 1.74. The minimum Gasteiger partial charge on any atom is -0.385 e. The van der Waals surface area contributed by atoms with Gasteiger partial charge in [-0.3, -0.25) is 0 Å². The molecule has 0 N–H and O–H groups in total. The van der Waals surface area contributed by atoms with E-state index in [1.807, 2.05) is 0 Å². The summed E-state index contributed by atoms with van der Waals surface area (Å²) in [6.07, 6.45) is 2.37. The molecular weight excluding hydrogens is 100 g/mol. The molecule has 0 unspecified atom stereocenters. The first-order valence-electron chi connectivity index (χ1n) is 3.05. The second-order valence-electron chi connectivity index (χ2n) is 2.30. The molecule has 0 saturated carbocycles. The van der Waals surface area contributed by atoms with Crippen molar-refractivity contribution in [3.63, 3.8) is 0 Å². The molecule has 0 aromatic heterocycles. The molecule has 0 saturated heterocycles. The Morgan fingerprint density at radius 2 is 2.00 bits per heavy atom. The van der Waals surface area contributed by atoms with E-state index in [2.05, 4.69) is 13.8 Å². The van der Waals surface area contributed by atoms with E-state index in [9.17, 15) is 0 Å². The number of hydrogen-bond acceptors (Lipinski definition) is 1. The van der Waals surface area contributed by atoms with Crippen LogP contribution in [0.4, 0.5) is 0 Å². The smallest absolute Gasteiger partial charge is 0.0462 e. The second-order valence-corrected chi connectivity index (χ2v) is 2.30. The summed E-state index contributed by atoms with van der Waals surface area (Å²) in [6, 6.07) is 0. The van der Waals surface area contributed by atoms with Crippen LogP contribution in [-0.2, 0) is 4.74 Å². The van der Waals surface area contributed by atoms with E-state index >= 15 is 0 Å². The molecule has 1 radical (unpaired) electrons. The fourth-order valence-electron chi connectivity index (χ4n) is 0.570. The number of methoxy groups -OCH3 is 1. The summed E-state index contributed by atoms with van der Waals surface area (Å²) in [5.74, 6) is 1.49. The Labute approximate surface area is 52.0 Å². The quantitative estimate of drug-likeness (QED) is 0.509. The minimum atomic E-state index is 0.894. The first kappa shape index (κ1) is 7.96. The molecule has 0 aliphatic rings. The van der Waals surface area contributed by atoms with Gasteiger partial charge in [0.25, 0.3) is 0 Å². The highest BCUT2D eigenvalue weighted by molar-refractivity contribution is 4.75. The zero-order valence-corrected chi connectivity index (χ0v) is 6.03. The summed E-state index contributed by atoms with van der Waals surface area (Å²) in [5, 5.41) is 0. The molecule has 0 atom stereocenters. The standard InChI is InChI=1S/C7H15O/c1-7(2)5-4-6-8-3/h4-6H2,1-3H3. The zero-order valence-electron chi connectivity index (χ0n) is 6.03. The average Bonchev–Trinajstić information content (AvgIpc) is 1.66. The molecule has 0 aliphatic carbocycles. The maximum Gasteiger partial charge on any atom is 0.0462 e. The van der Waals surface area contributed by atoms with E-state index in [1.165, 1.54) is 18.8 Å². The van der Waals surface area contributed by atoms with E-state index < -0.39 is 0 Å². The second kappa shape index (κ2) is 5.10. The predicted octanol–water partition coefficient (Wildman–Crippen LogP) is 2.03. The van der Waals surface area contributed by atoms with Gasteiger partial charge < -0.3 is 4.74 Å². The van der Waals surface area contributed by atoms with Crippen LogP contribution in [0, 0.1) is 5.92 Å². The molecule has 0 aromatic rings. The van der Waals surface area contributed by atoms with Crippen molar-refractivity contribution in [2.45, 2.75) is 26.7 Å². The summed E-state index contributed by atoms with van der Waals surface area (Å²) >= 11 is 0. The summed E-state index contributed by atoms with van der Waals surface area (Å²) in [5.41, 5.74) is 0. The van der Waals surface area contributed by atoms with Crippen molar-refractivity contribution >= 4 is 0 Å². The third-order valence-corrected chi connectivity index (χ3v) is 1.03. The van der Waals surface area contributed by atoms with Gasteiger partial charge in [0.1, 0.15) is 0 Å². The third kappa shape index (κ3) is 5.96. The minimum absolute atomic E-state index is 0.894. The van der Waals surface area contributed by atoms with Crippen LogP contribution in [0.5, 0.6) is 0 Å². The molecule has 0 heterocycles. The Morgan fingerprint density at radius 3 is 2.38 bits per heavy atom. The van der Waals surface area contributed by atoms with Crippen LogP contribution in [0.2, 0.25) is 0 Å². The highest BCUT2D eigenvalue weighted by Gasteiger charge is 1.91. The molecule has 8 heavy (non-hydrogen) atoms. The SMILES string of the molecule is COCCC[C](C)C. The van der Waals surface area contributed by atoms with Crippen molar-refractivity contribution in [1.29, 1.82) is 0 Å². The lowest BCUT2D eigenvalue weighted by Crippen LogP contribution is -1.90. The van der Waals surface area contributed by atoms with Gasteiger partial charge >= 0.3 is 0 Å². The van der Waals surface area contributed by atoms with Gasteiger partial charge in [0.15, 0.2) is 0 Å². The van der Waals surface area contributed by atoms with Gasteiger partial charge in [-0.1, -0.05) is 13.8 Å². The lowest BCUT2D eigenvalue weighted by molar-refractivity contribution is 0.194. The number of hydrogen-bond donors (Lipinski definition) is 0. The van der Waals surface area contributed by atoms with Crippen molar-refractivity contribution in [1.82, 2.24) is 0 Å². The van der Waals surface area contributed by atoms with Gasteiger partial charge in [-0.15, -0.1) is 0 Å². The van der Waals surface area contributed by atoms with Crippen LogP contribution < -0.4 is 0 Å². The molecule has 0 aromatic carbocycles. The van der Waals surface area contributed by atoms with E-state index in [0.29, 0.717) is 0 Å². The largest absolute Gasteiger partial charge is 0.385 e. The van der Waals surface area contributed by atoms with Crippen molar-refractivity contribution in [3.05, 3.63) is 5.92 Å². The molecule has 0 fully saturated rings. The Morgan fingerprint density at radius 1 is 1.38 bits per heavy atom. The molecule has 1 heteroatoms. The lowest BCUT2D eigenvalue weighted by Gasteiger charge is -2.00. The van der Waals surface area contributed by atoms with E-state index in [0.717, 1.165) is 6.61 Å². The average molecular weight is 115 g/mol. The summed E-state index contributed by atoms with van der Waals surface area (Å²) < 4.78 is 4.88. The normalized spacial score (nSPS) is 10.5. The van der Waals surface area contributed by atoms with Crippen LogP contribution in [-0.4, -0.2) is 13.7 Å². The maximum atomic E-state index is 4.88. The van der Waals surface area contributed by atoms with Gasteiger partial charge in [0.05, 0.1) is 0 Å². The highest BCUT2D eigenvalue weighted by Crippen LogP contribution is 2.04. The van der Waals surface area contributed by atoms with Crippen LogP contribution >= 0.6 is 0 Å². The summed E-state index contributed by atoms with van der Waals surface area (Å²) in [4.78, 5) is 0. The Kier molecular flexibility index (Phi) is 5.08. The molecule has 0 amide bonds. The molecule has 0 bridgehead atoms. The monoisotopic (exact) mass is 115 g/mol. The van der Waals surface area contributed by atoms with Gasteiger partial charge in [0.2, 0.25) is 0 Å². The topological polar surface area (TPSA) is 9.23 Å². The summed E-state index contributed by atoms with van der Waals surface area (Å²) in [6.45, 7) is 5.19. The van der Waals surface area contributed by atoms with Gasteiger partial charge in [-0.25, -0.2) is 0 Å². The van der Waals surface area contributed by atoms with Crippen molar-refractivity contribution in [3.8, 4) is 0 Å². The van der Waals surface area contributed by atoms with Crippen LogP contribution in [0.3, 0.4) is 0 Å². The van der Waals surface area contributed by atoms with Gasteiger partial charge in [-0.05, 0) is 18.8 Å².